The van der Waals surface area contributed by atoms with Crippen LogP contribution in [0.5, 0.6) is 0 Å². The van der Waals surface area contributed by atoms with Gasteiger partial charge in [-0.15, -0.1) is 0 Å². The molecular formula is C12H10N2O2S. The summed E-state index contributed by atoms with van der Waals surface area (Å²) in [6.45, 7) is 0. The second-order valence-electron chi connectivity index (χ2n) is 3.31. The molecule has 86 valence electrons. The number of benzene rings is 1. The van der Waals surface area contributed by atoms with Crippen LogP contribution < -0.4 is 5.43 Å². The van der Waals surface area contributed by atoms with Crippen LogP contribution in [0.15, 0.2) is 46.2 Å². The lowest BCUT2D eigenvalue weighted by Crippen LogP contribution is -1.96. The van der Waals surface area contributed by atoms with Gasteiger partial charge in [0.25, 0.3) is 0 Å². The molecule has 1 aromatic carbocycles. The molecule has 4 nitrogen and oxygen atoms in total. The highest BCUT2D eigenvalue weighted by Gasteiger charge is 2.00. The zero-order chi connectivity index (χ0) is 12.1. The summed E-state index contributed by atoms with van der Waals surface area (Å²) in [6, 6.07) is 8.38. The Morgan fingerprint density at radius 2 is 2.06 bits per heavy atom. The minimum Gasteiger partial charge on any atom is -0.478 e. The largest absolute Gasteiger partial charge is 0.478 e. The molecule has 0 aliphatic carbocycles. The van der Waals surface area contributed by atoms with Crippen LogP contribution in [-0.4, -0.2) is 17.3 Å². The quantitative estimate of drug-likeness (QED) is 0.644. The standard InChI is InChI=1S/C12H10N2O2S/c15-12(16)10-1-3-11(4-2-10)14-13-7-9-5-6-17-8-9/h1-8,14H,(H,15,16)/b13-7-. The summed E-state index contributed by atoms with van der Waals surface area (Å²) in [5.41, 5.74) is 4.88. The monoisotopic (exact) mass is 246 g/mol. The number of nitrogens with zero attached hydrogens (tertiary/aromatic N) is 1. The van der Waals surface area contributed by atoms with E-state index < -0.39 is 5.97 Å². The SMILES string of the molecule is O=C(O)c1ccc(N/N=C\c2ccsc2)cc1. The molecule has 2 aromatic rings. The van der Waals surface area contributed by atoms with Crippen molar-refractivity contribution in [3.05, 3.63) is 52.2 Å². The summed E-state index contributed by atoms with van der Waals surface area (Å²) < 4.78 is 0. The van der Waals surface area contributed by atoms with E-state index in [0.29, 0.717) is 0 Å². The van der Waals surface area contributed by atoms with Gasteiger partial charge in [-0.25, -0.2) is 4.79 Å². The van der Waals surface area contributed by atoms with Crippen molar-refractivity contribution >= 4 is 29.2 Å². The minimum absolute atomic E-state index is 0.261. The maximum atomic E-state index is 10.6. The van der Waals surface area contributed by atoms with Gasteiger partial charge in [-0.2, -0.15) is 16.4 Å². The van der Waals surface area contributed by atoms with Crippen molar-refractivity contribution in [1.82, 2.24) is 0 Å². The van der Waals surface area contributed by atoms with Gasteiger partial charge in [0.05, 0.1) is 17.5 Å². The number of thiophene rings is 1. The molecule has 0 saturated heterocycles. The number of hydrogen-bond donors (Lipinski definition) is 2. The molecular weight excluding hydrogens is 236 g/mol. The maximum Gasteiger partial charge on any atom is 0.335 e. The fourth-order valence-electron chi connectivity index (χ4n) is 1.22. The molecule has 0 saturated carbocycles. The lowest BCUT2D eigenvalue weighted by molar-refractivity contribution is 0.0697. The highest BCUT2D eigenvalue weighted by atomic mass is 32.1. The number of hydrogen-bond acceptors (Lipinski definition) is 4. The topological polar surface area (TPSA) is 61.7 Å². The molecule has 0 bridgehead atoms. The van der Waals surface area contributed by atoms with Crippen LogP contribution in [0, 0.1) is 0 Å². The first-order valence-corrected chi connectivity index (χ1v) is 5.84. The van der Waals surface area contributed by atoms with Crippen molar-refractivity contribution < 1.29 is 9.90 Å². The molecule has 0 amide bonds. The Morgan fingerprint density at radius 1 is 1.29 bits per heavy atom. The van der Waals surface area contributed by atoms with Gasteiger partial charge in [0.15, 0.2) is 0 Å². The first kappa shape index (κ1) is 11.3. The van der Waals surface area contributed by atoms with E-state index in [1.54, 1.807) is 29.7 Å². The van der Waals surface area contributed by atoms with E-state index in [1.807, 2.05) is 16.8 Å². The molecule has 0 radical (unpaired) electrons. The van der Waals surface area contributed by atoms with E-state index in [-0.39, 0.29) is 5.56 Å². The summed E-state index contributed by atoms with van der Waals surface area (Å²) in [6.07, 6.45) is 1.71. The molecule has 1 aromatic heterocycles. The Bertz CT molecular complexity index is 518. The summed E-state index contributed by atoms with van der Waals surface area (Å²) in [5.74, 6) is -0.932. The third-order valence-corrected chi connectivity index (χ3v) is 2.78. The second-order valence-corrected chi connectivity index (χ2v) is 4.09. The number of carboxylic acids is 1. The van der Waals surface area contributed by atoms with E-state index in [9.17, 15) is 4.79 Å². The van der Waals surface area contributed by atoms with Gasteiger partial charge in [-0.1, -0.05) is 0 Å². The summed E-state index contributed by atoms with van der Waals surface area (Å²) in [5, 5.41) is 16.7. The van der Waals surface area contributed by atoms with E-state index in [0.717, 1.165) is 11.3 Å². The Kier molecular flexibility index (Phi) is 3.52. The fraction of sp³-hybridized carbons (Fsp3) is 0. The molecule has 5 heteroatoms. The first-order chi connectivity index (χ1) is 8.25. The number of nitrogens with one attached hydrogen (secondary N) is 1. The Hall–Kier alpha value is -2.14. The number of anilines is 1. The van der Waals surface area contributed by atoms with Crippen LogP contribution in [0.1, 0.15) is 15.9 Å². The van der Waals surface area contributed by atoms with Crippen molar-refractivity contribution in [3.8, 4) is 0 Å². The summed E-state index contributed by atoms with van der Waals surface area (Å²) in [7, 11) is 0. The third kappa shape index (κ3) is 3.15. The number of carbonyl (C=O) groups is 1. The number of carboxylic acid groups (broad SMARTS) is 1. The second kappa shape index (κ2) is 5.27. The van der Waals surface area contributed by atoms with E-state index in [2.05, 4.69) is 10.5 Å². The Morgan fingerprint density at radius 3 is 2.65 bits per heavy atom. The highest BCUT2D eigenvalue weighted by molar-refractivity contribution is 7.08. The zero-order valence-corrected chi connectivity index (χ0v) is 9.65. The smallest absolute Gasteiger partial charge is 0.335 e. The Labute approximate surface area is 102 Å². The molecule has 0 spiro atoms. The van der Waals surface area contributed by atoms with E-state index in [1.165, 1.54) is 12.1 Å². The summed E-state index contributed by atoms with van der Waals surface area (Å²) in [4.78, 5) is 10.6. The molecule has 1 heterocycles. The van der Waals surface area contributed by atoms with Crippen molar-refractivity contribution in [3.63, 3.8) is 0 Å². The maximum absolute atomic E-state index is 10.6. The first-order valence-electron chi connectivity index (χ1n) is 4.90. The Balaban J connectivity index is 1.97. The highest BCUT2D eigenvalue weighted by Crippen LogP contribution is 2.09. The van der Waals surface area contributed by atoms with E-state index >= 15 is 0 Å². The van der Waals surface area contributed by atoms with Crippen LogP contribution in [0.4, 0.5) is 5.69 Å². The molecule has 0 aliphatic heterocycles. The van der Waals surface area contributed by atoms with Gasteiger partial charge in [0, 0.05) is 5.56 Å². The van der Waals surface area contributed by atoms with Crippen LogP contribution in [0.3, 0.4) is 0 Å². The molecule has 0 aliphatic rings. The van der Waals surface area contributed by atoms with Crippen LogP contribution >= 0.6 is 11.3 Å². The minimum atomic E-state index is -0.932. The van der Waals surface area contributed by atoms with E-state index in [4.69, 9.17) is 5.11 Å². The van der Waals surface area contributed by atoms with Gasteiger partial charge in [0.2, 0.25) is 0 Å². The number of aromatic carboxylic acids is 1. The average Bonchev–Trinajstić information content (AvgIpc) is 2.83. The molecule has 2 rings (SSSR count). The third-order valence-electron chi connectivity index (χ3n) is 2.08. The van der Waals surface area contributed by atoms with Crippen molar-refractivity contribution in [2.24, 2.45) is 5.10 Å². The van der Waals surface area contributed by atoms with Crippen LogP contribution in [-0.2, 0) is 0 Å². The lowest BCUT2D eigenvalue weighted by Gasteiger charge is -1.99. The van der Waals surface area contributed by atoms with Crippen molar-refractivity contribution in [2.75, 3.05) is 5.43 Å². The van der Waals surface area contributed by atoms with Gasteiger partial charge >= 0.3 is 5.97 Å². The zero-order valence-electron chi connectivity index (χ0n) is 8.83. The van der Waals surface area contributed by atoms with Crippen LogP contribution in [0.25, 0.3) is 0 Å². The lowest BCUT2D eigenvalue weighted by atomic mass is 10.2. The normalized spacial score (nSPS) is 10.6. The van der Waals surface area contributed by atoms with Gasteiger partial charge in [0.1, 0.15) is 0 Å². The summed E-state index contributed by atoms with van der Waals surface area (Å²) >= 11 is 1.61. The van der Waals surface area contributed by atoms with Crippen LogP contribution in [0.2, 0.25) is 0 Å². The predicted octanol–water partition coefficient (Wildman–Crippen LogP) is 2.89. The predicted molar refractivity (Wildman–Crippen MR) is 68.9 cm³/mol. The molecule has 17 heavy (non-hydrogen) atoms. The van der Waals surface area contributed by atoms with Crippen molar-refractivity contribution in [2.45, 2.75) is 0 Å². The fourth-order valence-corrected chi connectivity index (χ4v) is 1.83. The van der Waals surface area contributed by atoms with Gasteiger partial charge < -0.3 is 5.11 Å². The molecule has 2 N–H and O–H groups in total. The number of hydrazone groups is 1. The number of rotatable bonds is 4. The van der Waals surface area contributed by atoms with Gasteiger partial charge in [-0.05, 0) is 41.1 Å². The van der Waals surface area contributed by atoms with Gasteiger partial charge in [-0.3, -0.25) is 5.43 Å². The molecule has 0 unspecified atom stereocenters. The molecule has 0 atom stereocenters. The molecule has 0 fully saturated rings. The average molecular weight is 246 g/mol. The van der Waals surface area contributed by atoms with Crippen molar-refractivity contribution in [1.29, 1.82) is 0 Å².